The Balaban J connectivity index is 1.91. The second-order valence-electron chi connectivity index (χ2n) is 4.52. The molecule has 0 saturated heterocycles. The van der Waals surface area contributed by atoms with Crippen LogP contribution in [-0.4, -0.2) is 23.2 Å². The number of nitro benzene ring substituents is 1. The fraction of sp³-hybridized carbons (Fsp3) is 0.188. The first-order chi connectivity index (χ1) is 11.1. The van der Waals surface area contributed by atoms with E-state index in [0.29, 0.717) is 5.75 Å². The Morgan fingerprint density at radius 1 is 1.22 bits per heavy atom. The van der Waals surface area contributed by atoms with Gasteiger partial charge in [-0.25, -0.2) is 0 Å². The molecule has 1 amide bonds. The number of nitrogens with zero attached hydrogens (tertiary/aromatic N) is 1. The maximum atomic E-state index is 12.0. The predicted octanol–water partition coefficient (Wildman–Crippen LogP) is 3.72. The summed E-state index contributed by atoms with van der Waals surface area (Å²) < 4.78 is 5.33. The number of nitro groups is 1. The lowest BCUT2D eigenvalue weighted by Crippen LogP contribution is -2.20. The van der Waals surface area contributed by atoms with Crippen molar-refractivity contribution in [1.82, 2.24) is 0 Å². The number of para-hydroxylation sites is 1. The Labute approximate surface area is 138 Å². The minimum Gasteiger partial charge on any atom is -0.484 e. The van der Waals surface area contributed by atoms with Crippen LogP contribution >= 0.6 is 11.8 Å². The first-order valence-electron chi connectivity index (χ1n) is 6.99. The molecular weight excluding hydrogens is 316 g/mol. The van der Waals surface area contributed by atoms with Crippen molar-refractivity contribution in [3.8, 4) is 5.75 Å². The minimum absolute atomic E-state index is 0.0210. The maximum absolute atomic E-state index is 12.0. The summed E-state index contributed by atoms with van der Waals surface area (Å²) in [5.41, 5.74) is 0.726. The molecule has 23 heavy (non-hydrogen) atoms. The summed E-state index contributed by atoms with van der Waals surface area (Å²) in [7, 11) is 0. The SMILES string of the molecule is CCSc1ccccc1NC(=O)COc1ccc([N+](=O)[O-])cc1. The fourth-order valence-corrected chi connectivity index (χ4v) is 2.61. The number of thioether (sulfide) groups is 1. The number of nitrogens with one attached hydrogen (secondary N) is 1. The summed E-state index contributed by atoms with van der Waals surface area (Å²) in [6.07, 6.45) is 0. The zero-order chi connectivity index (χ0) is 16.7. The van der Waals surface area contributed by atoms with E-state index in [2.05, 4.69) is 5.32 Å². The van der Waals surface area contributed by atoms with Crippen molar-refractivity contribution < 1.29 is 14.5 Å². The van der Waals surface area contributed by atoms with Gasteiger partial charge in [0.05, 0.1) is 10.6 Å². The lowest BCUT2D eigenvalue weighted by atomic mass is 10.3. The molecule has 0 aliphatic rings. The van der Waals surface area contributed by atoms with Crippen LogP contribution in [0.2, 0.25) is 0 Å². The van der Waals surface area contributed by atoms with E-state index in [-0.39, 0.29) is 18.2 Å². The molecule has 6 nitrogen and oxygen atoms in total. The first kappa shape index (κ1) is 16.8. The molecule has 0 aliphatic heterocycles. The minimum atomic E-state index is -0.487. The normalized spacial score (nSPS) is 10.1. The highest BCUT2D eigenvalue weighted by Crippen LogP contribution is 2.26. The highest BCUT2D eigenvalue weighted by Gasteiger charge is 2.09. The zero-order valence-corrected chi connectivity index (χ0v) is 13.3. The average Bonchev–Trinajstić information content (AvgIpc) is 2.55. The molecule has 0 aromatic heterocycles. The van der Waals surface area contributed by atoms with Gasteiger partial charge >= 0.3 is 0 Å². The number of carbonyl (C=O) groups excluding carboxylic acids is 1. The highest BCUT2D eigenvalue weighted by atomic mass is 32.2. The molecule has 0 bridgehead atoms. The molecule has 0 saturated carbocycles. The molecule has 0 atom stereocenters. The van der Waals surface area contributed by atoms with Gasteiger partial charge in [0, 0.05) is 17.0 Å². The lowest BCUT2D eigenvalue weighted by Gasteiger charge is -2.10. The number of carbonyl (C=O) groups is 1. The van der Waals surface area contributed by atoms with Crippen LogP contribution in [0.1, 0.15) is 6.92 Å². The van der Waals surface area contributed by atoms with Crippen LogP contribution in [0.4, 0.5) is 11.4 Å². The van der Waals surface area contributed by atoms with Gasteiger partial charge in [-0.3, -0.25) is 14.9 Å². The predicted molar refractivity (Wildman–Crippen MR) is 90.1 cm³/mol. The molecule has 0 aliphatic carbocycles. The van der Waals surface area contributed by atoms with Crippen molar-refractivity contribution in [3.63, 3.8) is 0 Å². The summed E-state index contributed by atoms with van der Waals surface area (Å²) in [6, 6.07) is 13.1. The van der Waals surface area contributed by atoms with E-state index in [0.717, 1.165) is 16.3 Å². The first-order valence-corrected chi connectivity index (χ1v) is 7.97. The van der Waals surface area contributed by atoms with Crippen LogP contribution in [0.5, 0.6) is 5.75 Å². The third-order valence-electron chi connectivity index (χ3n) is 2.88. The Morgan fingerprint density at radius 2 is 1.91 bits per heavy atom. The Bertz CT molecular complexity index is 689. The Morgan fingerprint density at radius 3 is 2.57 bits per heavy atom. The molecule has 120 valence electrons. The number of non-ortho nitro benzene ring substituents is 1. The van der Waals surface area contributed by atoms with Crippen LogP contribution in [-0.2, 0) is 4.79 Å². The van der Waals surface area contributed by atoms with E-state index in [1.165, 1.54) is 24.3 Å². The van der Waals surface area contributed by atoms with Crippen molar-refractivity contribution in [2.24, 2.45) is 0 Å². The molecule has 7 heteroatoms. The number of amides is 1. The monoisotopic (exact) mass is 332 g/mol. The number of hydrogen-bond acceptors (Lipinski definition) is 5. The molecular formula is C16H16N2O4S. The van der Waals surface area contributed by atoms with Crippen LogP contribution in [0.15, 0.2) is 53.4 Å². The van der Waals surface area contributed by atoms with Crippen molar-refractivity contribution in [2.45, 2.75) is 11.8 Å². The van der Waals surface area contributed by atoms with Crippen molar-refractivity contribution in [2.75, 3.05) is 17.7 Å². The number of benzene rings is 2. The van der Waals surface area contributed by atoms with Crippen molar-refractivity contribution in [1.29, 1.82) is 0 Å². The van der Waals surface area contributed by atoms with E-state index >= 15 is 0 Å². The van der Waals surface area contributed by atoms with Crippen LogP contribution < -0.4 is 10.1 Å². The lowest BCUT2D eigenvalue weighted by molar-refractivity contribution is -0.384. The molecule has 1 N–H and O–H groups in total. The van der Waals surface area contributed by atoms with Crippen molar-refractivity contribution in [3.05, 3.63) is 58.6 Å². The number of anilines is 1. The van der Waals surface area contributed by atoms with Gasteiger partial charge in [0.15, 0.2) is 6.61 Å². The molecule has 0 unspecified atom stereocenters. The smallest absolute Gasteiger partial charge is 0.269 e. The van der Waals surface area contributed by atoms with Crippen LogP contribution in [0.3, 0.4) is 0 Å². The van der Waals surface area contributed by atoms with Gasteiger partial charge in [-0.05, 0) is 30.0 Å². The number of rotatable bonds is 7. The third-order valence-corrected chi connectivity index (χ3v) is 3.83. The quantitative estimate of drug-likeness (QED) is 0.475. The van der Waals surface area contributed by atoms with Gasteiger partial charge in [-0.2, -0.15) is 0 Å². The topological polar surface area (TPSA) is 81.5 Å². The number of ether oxygens (including phenoxy) is 1. The van der Waals surface area contributed by atoms with Gasteiger partial charge < -0.3 is 10.1 Å². The van der Waals surface area contributed by atoms with E-state index in [1.807, 2.05) is 31.2 Å². The second kappa shape index (κ2) is 8.19. The van der Waals surface area contributed by atoms with E-state index < -0.39 is 4.92 Å². The molecule has 0 heterocycles. The van der Waals surface area contributed by atoms with Crippen LogP contribution in [0.25, 0.3) is 0 Å². The Kier molecular flexibility index (Phi) is 5.99. The summed E-state index contributed by atoms with van der Waals surface area (Å²) in [5, 5.41) is 13.4. The molecule has 2 aromatic carbocycles. The summed E-state index contributed by atoms with van der Waals surface area (Å²) in [5.74, 6) is 1.03. The molecule has 0 fully saturated rings. The van der Waals surface area contributed by atoms with Gasteiger partial charge in [-0.15, -0.1) is 11.8 Å². The van der Waals surface area contributed by atoms with Gasteiger partial charge in [0.25, 0.3) is 11.6 Å². The molecule has 0 radical (unpaired) electrons. The summed E-state index contributed by atoms with van der Waals surface area (Å²) in [6.45, 7) is 1.88. The number of hydrogen-bond donors (Lipinski definition) is 1. The summed E-state index contributed by atoms with van der Waals surface area (Å²) >= 11 is 1.64. The standard InChI is InChI=1S/C16H16N2O4S/c1-2-23-15-6-4-3-5-14(15)17-16(19)11-22-13-9-7-12(8-10-13)18(20)21/h3-10H,2,11H2,1H3,(H,17,19). The maximum Gasteiger partial charge on any atom is 0.269 e. The van der Waals surface area contributed by atoms with E-state index in [9.17, 15) is 14.9 Å². The highest BCUT2D eigenvalue weighted by molar-refractivity contribution is 7.99. The molecule has 2 aromatic rings. The summed E-state index contributed by atoms with van der Waals surface area (Å²) in [4.78, 5) is 23.0. The largest absolute Gasteiger partial charge is 0.484 e. The van der Waals surface area contributed by atoms with Gasteiger partial charge in [0.1, 0.15) is 5.75 Å². The van der Waals surface area contributed by atoms with Crippen molar-refractivity contribution >= 4 is 29.0 Å². The zero-order valence-electron chi connectivity index (χ0n) is 12.5. The van der Waals surface area contributed by atoms with E-state index in [1.54, 1.807) is 11.8 Å². The fourth-order valence-electron chi connectivity index (χ4n) is 1.85. The van der Waals surface area contributed by atoms with E-state index in [4.69, 9.17) is 4.74 Å². The Hall–Kier alpha value is -2.54. The molecule has 2 rings (SSSR count). The molecule has 0 spiro atoms. The third kappa shape index (κ3) is 5.00. The van der Waals surface area contributed by atoms with Gasteiger partial charge in [-0.1, -0.05) is 19.1 Å². The van der Waals surface area contributed by atoms with Crippen LogP contribution in [0, 0.1) is 10.1 Å². The average molecular weight is 332 g/mol. The van der Waals surface area contributed by atoms with Gasteiger partial charge in [0.2, 0.25) is 0 Å². The second-order valence-corrected chi connectivity index (χ2v) is 5.82.